The summed E-state index contributed by atoms with van der Waals surface area (Å²) in [5.41, 5.74) is 3.45. The third-order valence-corrected chi connectivity index (χ3v) is 3.26. The van der Waals surface area contributed by atoms with Gasteiger partial charge in [-0.1, -0.05) is 39.0 Å². The quantitative estimate of drug-likeness (QED) is 0.597. The number of benzene rings is 1. The first-order valence-corrected chi connectivity index (χ1v) is 7.43. The molecule has 1 aromatic rings. The fourth-order valence-electron chi connectivity index (χ4n) is 2.05. The van der Waals surface area contributed by atoms with Gasteiger partial charge in [0.1, 0.15) is 11.6 Å². The summed E-state index contributed by atoms with van der Waals surface area (Å²) in [6, 6.07) is 8.08. The molecule has 0 radical (unpaired) electrons. The van der Waals surface area contributed by atoms with Crippen LogP contribution >= 0.6 is 0 Å². The topological polar surface area (TPSA) is 64.9 Å². The highest BCUT2D eigenvalue weighted by Crippen LogP contribution is 2.22. The molecule has 4 heteroatoms. The highest BCUT2D eigenvalue weighted by Gasteiger charge is 2.09. The predicted molar refractivity (Wildman–Crippen MR) is 85.8 cm³/mol. The van der Waals surface area contributed by atoms with Crippen molar-refractivity contribution in [3.63, 3.8) is 0 Å². The van der Waals surface area contributed by atoms with E-state index >= 15 is 0 Å². The minimum absolute atomic E-state index is 0.0939. The van der Waals surface area contributed by atoms with Gasteiger partial charge in [0.25, 0.3) is 5.91 Å². The number of anilines is 1. The van der Waals surface area contributed by atoms with Crippen molar-refractivity contribution in [3.8, 4) is 6.07 Å². The van der Waals surface area contributed by atoms with Crippen LogP contribution in [0.15, 0.2) is 30.0 Å². The molecule has 0 atom stereocenters. The van der Waals surface area contributed by atoms with Gasteiger partial charge in [-0.3, -0.25) is 4.79 Å². The average Bonchev–Trinajstić information content (AvgIpc) is 2.53. The summed E-state index contributed by atoms with van der Waals surface area (Å²) in [7, 11) is 0. The van der Waals surface area contributed by atoms with Crippen molar-refractivity contribution < 1.29 is 4.79 Å². The van der Waals surface area contributed by atoms with Crippen LogP contribution < -0.4 is 10.6 Å². The van der Waals surface area contributed by atoms with Crippen LogP contribution in [0.5, 0.6) is 0 Å². The molecule has 1 aromatic carbocycles. The van der Waals surface area contributed by atoms with Crippen LogP contribution in [0.1, 0.15) is 38.3 Å². The van der Waals surface area contributed by atoms with Gasteiger partial charge < -0.3 is 10.6 Å². The summed E-state index contributed by atoms with van der Waals surface area (Å²) in [6.07, 6.45) is 4.14. The smallest absolute Gasteiger partial charge is 0.263 e. The van der Waals surface area contributed by atoms with Gasteiger partial charge in [-0.2, -0.15) is 5.26 Å². The zero-order chi connectivity index (χ0) is 15.7. The number of nitrogens with zero attached hydrogens (tertiary/aromatic N) is 1. The Kier molecular flexibility index (Phi) is 7.03. The van der Waals surface area contributed by atoms with E-state index in [2.05, 4.69) is 36.6 Å². The van der Waals surface area contributed by atoms with Crippen LogP contribution in [0.4, 0.5) is 5.69 Å². The lowest BCUT2D eigenvalue weighted by molar-refractivity contribution is -0.117. The van der Waals surface area contributed by atoms with E-state index in [0.29, 0.717) is 6.54 Å². The molecule has 0 heterocycles. The number of carbonyl (C=O) groups excluding carboxylic acids is 1. The molecule has 2 N–H and O–H groups in total. The SMILES string of the molecule is CCCNC(=O)/C(C#N)=C\Nc1c(CC)cccc1CC. The van der Waals surface area contributed by atoms with Gasteiger partial charge in [-0.05, 0) is 30.4 Å². The van der Waals surface area contributed by atoms with E-state index in [9.17, 15) is 4.79 Å². The minimum atomic E-state index is -0.334. The van der Waals surface area contributed by atoms with Gasteiger partial charge in [-0.25, -0.2) is 0 Å². The van der Waals surface area contributed by atoms with Crippen molar-refractivity contribution in [2.24, 2.45) is 0 Å². The van der Waals surface area contributed by atoms with Crippen molar-refractivity contribution in [1.29, 1.82) is 5.26 Å². The number of amides is 1. The van der Waals surface area contributed by atoms with Crippen molar-refractivity contribution in [3.05, 3.63) is 41.1 Å². The number of hydrogen-bond acceptors (Lipinski definition) is 3. The lowest BCUT2D eigenvalue weighted by Gasteiger charge is -2.13. The molecule has 0 aromatic heterocycles. The molecule has 0 unspecified atom stereocenters. The Hall–Kier alpha value is -2.28. The molecule has 0 aliphatic carbocycles. The van der Waals surface area contributed by atoms with E-state index < -0.39 is 0 Å². The molecular formula is C17H23N3O. The predicted octanol–water partition coefficient (Wildman–Crippen LogP) is 3.16. The molecule has 0 aliphatic rings. The molecule has 0 spiro atoms. The standard InChI is InChI=1S/C17H23N3O/c1-4-10-19-17(21)15(11-18)12-20-16-13(5-2)8-7-9-14(16)6-3/h7-9,12,20H,4-6,10H2,1-3H3,(H,19,21)/b15-12-. The third-order valence-electron chi connectivity index (χ3n) is 3.26. The maximum atomic E-state index is 11.8. The second-order valence-corrected chi connectivity index (χ2v) is 4.73. The van der Waals surface area contributed by atoms with Crippen molar-refractivity contribution in [2.75, 3.05) is 11.9 Å². The lowest BCUT2D eigenvalue weighted by Crippen LogP contribution is -2.25. The second kappa shape index (κ2) is 8.80. The van der Waals surface area contributed by atoms with E-state index in [1.807, 2.05) is 19.1 Å². The van der Waals surface area contributed by atoms with E-state index in [0.717, 1.165) is 24.9 Å². The minimum Gasteiger partial charge on any atom is -0.360 e. The second-order valence-electron chi connectivity index (χ2n) is 4.73. The summed E-state index contributed by atoms with van der Waals surface area (Å²) in [5.74, 6) is -0.334. The molecule has 112 valence electrons. The normalized spacial score (nSPS) is 10.9. The highest BCUT2D eigenvalue weighted by atomic mass is 16.1. The highest BCUT2D eigenvalue weighted by molar-refractivity contribution is 5.97. The fraction of sp³-hybridized carbons (Fsp3) is 0.412. The first-order valence-electron chi connectivity index (χ1n) is 7.43. The van der Waals surface area contributed by atoms with E-state index in [1.165, 1.54) is 17.3 Å². The average molecular weight is 285 g/mol. The largest absolute Gasteiger partial charge is 0.360 e. The summed E-state index contributed by atoms with van der Waals surface area (Å²) in [4.78, 5) is 11.8. The van der Waals surface area contributed by atoms with Gasteiger partial charge in [0.15, 0.2) is 0 Å². The number of rotatable bonds is 7. The third kappa shape index (κ3) is 4.64. The molecule has 21 heavy (non-hydrogen) atoms. The molecule has 0 aliphatic heterocycles. The molecule has 0 saturated carbocycles. The van der Waals surface area contributed by atoms with E-state index in [1.54, 1.807) is 0 Å². The number of aryl methyl sites for hydroxylation is 2. The Labute approximate surface area is 126 Å². The Balaban J connectivity index is 2.97. The monoisotopic (exact) mass is 285 g/mol. The lowest BCUT2D eigenvalue weighted by atomic mass is 10.0. The zero-order valence-corrected chi connectivity index (χ0v) is 13.0. The molecule has 1 rings (SSSR count). The van der Waals surface area contributed by atoms with Crippen LogP contribution in [0.2, 0.25) is 0 Å². The van der Waals surface area contributed by atoms with Crippen LogP contribution in [0.25, 0.3) is 0 Å². The Bertz CT molecular complexity index is 533. The van der Waals surface area contributed by atoms with Gasteiger partial charge >= 0.3 is 0 Å². The Morgan fingerprint density at radius 2 is 1.86 bits per heavy atom. The van der Waals surface area contributed by atoms with Gasteiger partial charge in [0.05, 0.1) is 0 Å². The summed E-state index contributed by atoms with van der Waals surface area (Å²) in [5, 5.41) is 15.0. The van der Waals surface area contributed by atoms with Gasteiger partial charge in [0.2, 0.25) is 0 Å². The van der Waals surface area contributed by atoms with Crippen LogP contribution in [0.3, 0.4) is 0 Å². The Morgan fingerprint density at radius 1 is 1.24 bits per heavy atom. The summed E-state index contributed by atoms with van der Waals surface area (Å²) >= 11 is 0. The summed E-state index contributed by atoms with van der Waals surface area (Å²) < 4.78 is 0. The number of nitrogens with one attached hydrogen (secondary N) is 2. The first kappa shape index (κ1) is 16.8. The fourth-order valence-corrected chi connectivity index (χ4v) is 2.05. The maximum absolute atomic E-state index is 11.8. The number of carbonyl (C=O) groups is 1. The van der Waals surface area contributed by atoms with E-state index in [4.69, 9.17) is 5.26 Å². The molecule has 0 fully saturated rings. The molecular weight excluding hydrogens is 262 g/mol. The number of hydrogen-bond donors (Lipinski definition) is 2. The summed E-state index contributed by atoms with van der Waals surface area (Å²) in [6.45, 7) is 6.72. The van der Waals surface area contributed by atoms with Gasteiger partial charge in [-0.15, -0.1) is 0 Å². The molecule has 4 nitrogen and oxygen atoms in total. The van der Waals surface area contributed by atoms with Crippen molar-refractivity contribution in [2.45, 2.75) is 40.0 Å². The Morgan fingerprint density at radius 3 is 2.33 bits per heavy atom. The van der Waals surface area contributed by atoms with E-state index in [-0.39, 0.29) is 11.5 Å². The number of para-hydroxylation sites is 1. The number of nitriles is 1. The molecule has 0 saturated heterocycles. The van der Waals surface area contributed by atoms with Crippen molar-refractivity contribution in [1.82, 2.24) is 5.32 Å². The molecule has 1 amide bonds. The van der Waals surface area contributed by atoms with Crippen molar-refractivity contribution >= 4 is 11.6 Å². The zero-order valence-electron chi connectivity index (χ0n) is 13.0. The van der Waals surface area contributed by atoms with Gasteiger partial charge in [0, 0.05) is 18.4 Å². The molecule has 0 bridgehead atoms. The first-order chi connectivity index (χ1) is 10.2. The van der Waals surface area contributed by atoms with Crippen LogP contribution in [-0.4, -0.2) is 12.5 Å². The van der Waals surface area contributed by atoms with Crippen LogP contribution in [0, 0.1) is 11.3 Å². The van der Waals surface area contributed by atoms with Crippen LogP contribution in [-0.2, 0) is 17.6 Å². The maximum Gasteiger partial charge on any atom is 0.263 e.